The lowest BCUT2D eigenvalue weighted by Gasteiger charge is -2.19. The van der Waals surface area contributed by atoms with Crippen LogP contribution in [0.3, 0.4) is 0 Å². The van der Waals surface area contributed by atoms with Crippen molar-refractivity contribution in [2.45, 2.75) is 26.9 Å². The molecular formula is C20H29N5O. The van der Waals surface area contributed by atoms with Gasteiger partial charge in [0, 0.05) is 45.0 Å². The Hall–Kier alpha value is -2.76. The fourth-order valence-corrected chi connectivity index (χ4v) is 2.69. The number of ether oxygens (including phenoxy) is 1. The van der Waals surface area contributed by atoms with Crippen molar-refractivity contribution in [2.24, 2.45) is 4.99 Å². The Kier molecular flexibility index (Phi) is 7.74. The first kappa shape index (κ1) is 19.6. The van der Waals surface area contributed by atoms with Crippen LogP contribution in [-0.2, 0) is 13.1 Å². The third-order valence-electron chi connectivity index (χ3n) is 4.22. The maximum atomic E-state index is 5.38. The number of hydrogen-bond donors (Lipinski definition) is 2. The molecule has 140 valence electrons. The molecule has 0 radical (unpaired) electrons. The van der Waals surface area contributed by atoms with Gasteiger partial charge in [0.1, 0.15) is 11.6 Å². The molecule has 2 N–H and O–H groups in total. The molecule has 26 heavy (non-hydrogen) atoms. The second kappa shape index (κ2) is 10.3. The molecule has 0 atom stereocenters. The highest BCUT2D eigenvalue weighted by Gasteiger charge is 2.05. The second-order valence-electron chi connectivity index (χ2n) is 5.79. The number of rotatable bonds is 8. The van der Waals surface area contributed by atoms with Crippen molar-refractivity contribution in [1.82, 2.24) is 15.6 Å². The zero-order valence-electron chi connectivity index (χ0n) is 16.1. The van der Waals surface area contributed by atoms with Crippen molar-refractivity contribution >= 4 is 11.8 Å². The number of pyridine rings is 1. The summed E-state index contributed by atoms with van der Waals surface area (Å²) in [6.07, 6.45) is 1.91. The smallest absolute Gasteiger partial charge is 0.191 e. The van der Waals surface area contributed by atoms with E-state index in [-0.39, 0.29) is 0 Å². The van der Waals surface area contributed by atoms with E-state index in [9.17, 15) is 0 Å². The fourth-order valence-electron chi connectivity index (χ4n) is 2.69. The normalized spacial score (nSPS) is 11.2. The Balaban J connectivity index is 1.88. The minimum atomic E-state index is 0.642. The van der Waals surface area contributed by atoms with Crippen LogP contribution in [0.4, 0.5) is 5.82 Å². The molecule has 0 unspecified atom stereocenters. The molecular weight excluding hydrogens is 326 g/mol. The summed E-state index contributed by atoms with van der Waals surface area (Å²) in [6, 6.07) is 12.1. The number of nitrogens with zero attached hydrogens (tertiary/aromatic N) is 3. The Bertz CT molecular complexity index is 696. The summed E-state index contributed by atoms with van der Waals surface area (Å²) in [5.41, 5.74) is 2.20. The summed E-state index contributed by atoms with van der Waals surface area (Å²) >= 11 is 0. The zero-order chi connectivity index (χ0) is 18.8. The average molecular weight is 355 g/mol. The molecule has 0 fully saturated rings. The first-order chi connectivity index (χ1) is 12.7. The number of hydrogen-bond acceptors (Lipinski definition) is 4. The van der Waals surface area contributed by atoms with Gasteiger partial charge in [0.05, 0.1) is 7.11 Å². The summed E-state index contributed by atoms with van der Waals surface area (Å²) < 4.78 is 5.38. The van der Waals surface area contributed by atoms with E-state index in [0.29, 0.717) is 13.1 Å². The SMILES string of the molecule is CCN(CC)c1ccc(CNC(=NC)NCc2ccccc2OC)cn1. The monoisotopic (exact) mass is 355 g/mol. The first-order valence-electron chi connectivity index (χ1n) is 8.98. The summed E-state index contributed by atoms with van der Waals surface area (Å²) in [7, 11) is 3.44. The first-order valence-corrected chi connectivity index (χ1v) is 8.98. The van der Waals surface area contributed by atoms with Crippen LogP contribution < -0.4 is 20.3 Å². The number of guanidine groups is 1. The van der Waals surface area contributed by atoms with Crippen molar-refractivity contribution in [2.75, 3.05) is 32.1 Å². The van der Waals surface area contributed by atoms with E-state index in [2.05, 4.69) is 51.5 Å². The second-order valence-corrected chi connectivity index (χ2v) is 5.79. The molecule has 6 nitrogen and oxygen atoms in total. The predicted molar refractivity (Wildman–Crippen MR) is 108 cm³/mol. The molecule has 0 amide bonds. The number of aromatic nitrogens is 1. The van der Waals surface area contributed by atoms with E-state index < -0.39 is 0 Å². The Morgan fingerprint density at radius 1 is 1.08 bits per heavy atom. The van der Waals surface area contributed by atoms with Crippen LogP contribution in [0.2, 0.25) is 0 Å². The van der Waals surface area contributed by atoms with Crippen LogP contribution in [0.15, 0.2) is 47.6 Å². The molecule has 0 spiro atoms. The molecule has 1 aromatic carbocycles. The van der Waals surface area contributed by atoms with Gasteiger partial charge in [0.15, 0.2) is 5.96 Å². The highest BCUT2D eigenvalue weighted by atomic mass is 16.5. The fraction of sp³-hybridized carbons (Fsp3) is 0.400. The molecule has 1 heterocycles. The molecule has 0 saturated heterocycles. The summed E-state index contributed by atoms with van der Waals surface area (Å²) in [5.74, 6) is 2.62. The summed E-state index contributed by atoms with van der Waals surface area (Å²) in [6.45, 7) is 7.50. The van der Waals surface area contributed by atoms with Gasteiger partial charge in [0.25, 0.3) is 0 Å². The number of benzene rings is 1. The molecule has 2 aromatic rings. The van der Waals surface area contributed by atoms with Crippen molar-refractivity contribution in [3.8, 4) is 5.75 Å². The zero-order valence-corrected chi connectivity index (χ0v) is 16.1. The Morgan fingerprint density at radius 3 is 2.42 bits per heavy atom. The lowest BCUT2D eigenvalue weighted by molar-refractivity contribution is 0.409. The highest BCUT2D eigenvalue weighted by molar-refractivity contribution is 5.79. The molecule has 0 aliphatic heterocycles. The van der Waals surface area contributed by atoms with Gasteiger partial charge in [0.2, 0.25) is 0 Å². The number of methoxy groups -OCH3 is 1. The third kappa shape index (κ3) is 5.37. The van der Waals surface area contributed by atoms with Gasteiger partial charge >= 0.3 is 0 Å². The van der Waals surface area contributed by atoms with E-state index in [1.807, 2.05) is 30.5 Å². The number of para-hydroxylation sites is 1. The van der Waals surface area contributed by atoms with Crippen molar-refractivity contribution in [3.05, 3.63) is 53.7 Å². The number of anilines is 1. The Labute approximate surface area is 156 Å². The average Bonchev–Trinajstić information content (AvgIpc) is 2.70. The van der Waals surface area contributed by atoms with E-state index in [0.717, 1.165) is 41.7 Å². The lowest BCUT2D eigenvalue weighted by atomic mass is 10.2. The quantitative estimate of drug-likeness (QED) is 0.563. The van der Waals surface area contributed by atoms with Crippen LogP contribution in [0, 0.1) is 0 Å². The number of aliphatic imine (C=N–C) groups is 1. The van der Waals surface area contributed by atoms with E-state index in [1.54, 1.807) is 14.2 Å². The molecule has 0 aliphatic rings. The van der Waals surface area contributed by atoms with Gasteiger partial charge in [-0.15, -0.1) is 0 Å². The number of nitrogens with one attached hydrogen (secondary N) is 2. The van der Waals surface area contributed by atoms with Gasteiger partial charge in [-0.05, 0) is 31.5 Å². The van der Waals surface area contributed by atoms with Gasteiger partial charge in [-0.1, -0.05) is 24.3 Å². The predicted octanol–water partition coefficient (Wildman–Crippen LogP) is 2.80. The highest BCUT2D eigenvalue weighted by Crippen LogP contribution is 2.16. The summed E-state index contributed by atoms with van der Waals surface area (Å²) in [4.78, 5) is 11.0. The van der Waals surface area contributed by atoms with E-state index in [4.69, 9.17) is 4.74 Å². The minimum Gasteiger partial charge on any atom is -0.496 e. The van der Waals surface area contributed by atoms with Crippen LogP contribution >= 0.6 is 0 Å². The largest absolute Gasteiger partial charge is 0.496 e. The maximum Gasteiger partial charge on any atom is 0.191 e. The van der Waals surface area contributed by atoms with Gasteiger partial charge in [-0.25, -0.2) is 4.98 Å². The maximum absolute atomic E-state index is 5.38. The van der Waals surface area contributed by atoms with Crippen molar-refractivity contribution < 1.29 is 4.74 Å². The molecule has 0 bridgehead atoms. The third-order valence-corrected chi connectivity index (χ3v) is 4.22. The van der Waals surface area contributed by atoms with Gasteiger partial charge < -0.3 is 20.3 Å². The lowest BCUT2D eigenvalue weighted by Crippen LogP contribution is -2.36. The van der Waals surface area contributed by atoms with Crippen LogP contribution in [-0.4, -0.2) is 38.2 Å². The van der Waals surface area contributed by atoms with Crippen molar-refractivity contribution in [3.63, 3.8) is 0 Å². The van der Waals surface area contributed by atoms with Crippen molar-refractivity contribution in [1.29, 1.82) is 0 Å². The molecule has 6 heteroatoms. The minimum absolute atomic E-state index is 0.642. The topological polar surface area (TPSA) is 61.8 Å². The molecule has 1 aromatic heterocycles. The van der Waals surface area contributed by atoms with Gasteiger partial charge in [-0.2, -0.15) is 0 Å². The van der Waals surface area contributed by atoms with Crippen LogP contribution in [0.5, 0.6) is 5.75 Å². The standard InChI is InChI=1S/C20H29N5O/c1-5-25(6-2)19-12-11-16(13-22-19)14-23-20(21-3)24-15-17-9-7-8-10-18(17)26-4/h7-13H,5-6,14-15H2,1-4H3,(H2,21,23,24). The molecule has 0 aliphatic carbocycles. The Morgan fingerprint density at radius 2 is 1.81 bits per heavy atom. The van der Waals surface area contributed by atoms with Crippen LogP contribution in [0.1, 0.15) is 25.0 Å². The molecule has 0 saturated carbocycles. The summed E-state index contributed by atoms with van der Waals surface area (Å²) in [5, 5.41) is 6.62. The molecule has 2 rings (SSSR count). The van der Waals surface area contributed by atoms with E-state index >= 15 is 0 Å². The van der Waals surface area contributed by atoms with E-state index in [1.165, 1.54) is 0 Å². The van der Waals surface area contributed by atoms with Gasteiger partial charge in [-0.3, -0.25) is 4.99 Å². The van der Waals surface area contributed by atoms with Crippen LogP contribution in [0.25, 0.3) is 0 Å².